The van der Waals surface area contributed by atoms with Crippen molar-refractivity contribution in [2.24, 2.45) is 23.7 Å². The van der Waals surface area contributed by atoms with E-state index in [1.165, 1.54) is 18.4 Å². The van der Waals surface area contributed by atoms with Crippen LogP contribution in [0, 0.1) is 23.7 Å². The molecule has 0 amide bonds. The van der Waals surface area contributed by atoms with Crippen LogP contribution in [0.2, 0.25) is 0 Å². The van der Waals surface area contributed by atoms with Crippen molar-refractivity contribution in [2.45, 2.75) is 59.0 Å². The quantitative estimate of drug-likeness (QED) is 0.669. The maximum atomic E-state index is 11.0. The molecule has 2 aliphatic rings. The van der Waals surface area contributed by atoms with Crippen LogP contribution < -0.4 is 0 Å². The zero-order valence-corrected chi connectivity index (χ0v) is 11.2. The Morgan fingerprint density at radius 1 is 1.38 bits per heavy atom. The van der Waals surface area contributed by atoms with Gasteiger partial charge < -0.3 is 5.11 Å². The van der Waals surface area contributed by atoms with Gasteiger partial charge in [-0.25, -0.2) is 0 Å². The van der Waals surface area contributed by atoms with Gasteiger partial charge in [-0.2, -0.15) is 0 Å². The number of aliphatic hydroxyl groups is 1. The van der Waals surface area contributed by atoms with Gasteiger partial charge in [0.05, 0.1) is 5.60 Å². The van der Waals surface area contributed by atoms with Gasteiger partial charge in [-0.05, 0) is 56.3 Å². The van der Waals surface area contributed by atoms with E-state index in [0.29, 0.717) is 23.7 Å². The molecule has 1 N–H and O–H groups in total. The van der Waals surface area contributed by atoms with Crippen LogP contribution in [0.15, 0.2) is 11.6 Å². The second-order valence-electron chi connectivity index (χ2n) is 6.44. The molecule has 0 spiro atoms. The lowest BCUT2D eigenvalue weighted by Gasteiger charge is -2.52. The Hall–Kier alpha value is -0.300. The predicted octanol–water partition coefficient (Wildman–Crippen LogP) is 3.78. The van der Waals surface area contributed by atoms with Gasteiger partial charge in [0.1, 0.15) is 0 Å². The highest BCUT2D eigenvalue weighted by Crippen LogP contribution is 2.51. The fraction of sp³-hybridized carbons (Fsp3) is 0.867. The Morgan fingerprint density at radius 2 is 2.06 bits per heavy atom. The minimum Gasteiger partial charge on any atom is -0.389 e. The van der Waals surface area contributed by atoms with E-state index in [9.17, 15) is 5.11 Å². The van der Waals surface area contributed by atoms with E-state index in [4.69, 9.17) is 0 Å². The Morgan fingerprint density at radius 3 is 2.69 bits per heavy atom. The summed E-state index contributed by atoms with van der Waals surface area (Å²) < 4.78 is 0. The van der Waals surface area contributed by atoms with Crippen LogP contribution in [0.1, 0.15) is 53.4 Å². The molecule has 92 valence electrons. The molecule has 0 saturated heterocycles. The van der Waals surface area contributed by atoms with Gasteiger partial charge in [0, 0.05) is 0 Å². The molecule has 1 saturated carbocycles. The predicted molar refractivity (Wildman–Crippen MR) is 68.2 cm³/mol. The highest BCUT2D eigenvalue weighted by Gasteiger charge is 2.49. The van der Waals surface area contributed by atoms with Crippen molar-refractivity contribution in [1.29, 1.82) is 0 Å². The number of hydrogen-bond donors (Lipinski definition) is 1. The minimum atomic E-state index is -0.410. The van der Waals surface area contributed by atoms with Crippen molar-refractivity contribution in [1.82, 2.24) is 0 Å². The number of hydrogen-bond acceptors (Lipinski definition) is 1. The molecule has 0 aliphatic heterocycles. The van der Waals surface area contributed by atoms with Crippen LogP contribution in [0.5, 0.6) is 0 Å². The maximum absolute atomic E-state index is 11.0. The highest BCUT2D eigenvalue weighted by atomic mass is 16.3. The first-order valence-electron chi connectivity index (χ1n) is 6.83. The summed E-state index contributed by atoms with van der Waals surface area (Å²) in [4.78, 5) is 0. The SMILES string of the molecule is CC1=CC[C@]2(O)[C@H](C)CC[C@@H](C(C)C)[C@@H]2C1. The molecule has 2 rings (SSSR count). The summed E-state index contributed by atoms with van der Waals surface area (Å²) >= 11 is 0. The van der Waals surface area contributed by atoms with Gasteiger partial charge in [-0.3, -0.25) is 0 Å². The second kappa shape index (κ2) is 4.18. The van der Waals surface area contributed by atoms with E-state index in [1.54, 1.807) is 0 Å². The van der Waals surface area contributed by atoms with E-state index < -0.39 is 5.60 Å². The largest absolute Gasteiger partial charge is 0.389 e. The highest BCUT2D eigenvalue weighted by molar-refractivity contribution is 5.15. The minimum absolute atomic E-state index is 0.410. The summed E-state index contributed by atoms with van der Waals surface area (Å²) in [7, 11) is 0. The number of fused-ring (bicyclic) bond motifs is 1. The summed E-state index contributed by atoms with van der Waals surface area (Å²) in [6, 6.07) is 0. The van der Waals surface area contributed by atoms with Crippen LogP contribution in [0.4, 0.5) is 0 Å². The van der Waals surface area contributed by atoms with Gasteiger partial charge >= 0.3 is 0 Å². The Labute approximate surface area is 99.9 Å². The fourth-order valence-electron chi connectivity index (χ4n) is 3.88. The molecular formula is C15H26O. The molecule has 2 aliphatic carbocycles. The number of rotatable bonds is 1. The average molecular weight is 222 g/mol. The first kappa shape index (κ1) is 12.2. The van der Waals surface area contributed by atoms with Gasteiger partial charge in [0.2, 0.25) is 0 Å². The van der Waals surface area contributed by atoms with E-state index in [2.05, 4.69) is 33.8 Å². The molecule has 4 atom stereocenters. The molecule has 0 unspecified atom stereocenters. The zero-order valence-electron chi connectivity index (χ0n) is 11.2. The molecule has 0 radical (unpaired) electrons. The average Bonchev–Trinajstić information content (AvgIpc) is 2.21. The van der Waals surface area contributed by atoms with E-state index in [1.807, 2.05) is 0 Å². The molecule has 0 aromatic heterocycles. The second-order valence-corrected chi connectivity index (χ2v) is 6.44. The lowest BCUT2D eigenvalue weighted by molar-refractivity contribution is -0.122. The van der Waals surface area contributed by atoms with E-state index in [-0.39, 0.29) is 0 Å². The van der Waals surface area contributed by atoms with Crippen molar-refractivity contribution in [3.63, 3.8) is 0 Å². The first-order valence-corrected chi connectivity index (χ1v) is 6.83. The van der Waals surface area contributed by atoms with Gasteiger partial charge in [-0.15, -0.1) is 0 Å². The molecule has 0 heterocycles. The summed E-state index contributed by atoms with van der Waals surface area (Å²) in [6.45, 7) is 9.08. The van der Waals surface area contributed by atoms with Gasteiger partial charge in [-0.1, -0.05) is 32.4 Å². The molecule has 0 aromatic carbocycles. The Bertz CT molecular complexity index is 292. The molecule has 1 nitrogen and oxygen atoms in total. The fourth-order valence-corrected chi connectivity index (χ4v) is 3.88. The lowest BCUT2D eigenvalue weighted by Crippen LogP contribution is -2.52. The molecule has 16 heavy (non-hydrogen) atoms. The summed E-state index contributed by atoms with van der Waals surface area (Å²) in [5.41, 5.74) is 1.07. The topological polar surface area (TPSA) is 20.2 Å². The molecule has 1 fully saturated rings. The van der Waals surface area contributed by atoms with Crippen LogP contribution in [0.25, 0.3) is 0 Å². The van der Waals surface area contributed by atoms with Gasteiger partial charge in [0.15, 0.2) is 0 Å². The van der Waals surface area contributed by atoms with Crippen molar-refractivity contribution in [2.75, 3.05) is 0 Å². The molecule has 0 bridgehead atoms. The van der Waals surface area contributed by atoms with Crippen LogP contribution >= 0.6 is 0 Å². The van der Waals surface area contributed by atoms with Crippen molar-refractivity contribution in [3.8, 4) is 0 Å². The van der Waals surface area contributed by atoms with Crippen molar-refractivity contribution >= 4 is 0 Å². The normalized spacial score (nSPS) is 44.1. The van der Waals surface area contributed by atoms with Crippen LogP contribution in [0.3, 0.4) is 0 Å². The van der Waals surface area contributed by atoms with Crippen LogP contribution in [-0.2, 0) is 0 Å². The van der Waals surface area contributed by atoms with E-state index in [0.717, 1.165) is 12.8 Å². The smallest absolute Gasteiger partial charge is 0.0741 e. The third-order valence-corrected chi connectivity index (χ3v) is 5.12. The van der Waals surface area contributed by atoms with E-state index >= 15 is 0 Å². The third-order valence-electron chi connectivity index (χ3n) is 5.12. The van der Waals surface area contributed by atoms with Gasteiger partial charge in [0.25, 0.3) is 0 Å². The Kier molecular flexibility index (Phi) is 3.18. The monoisotopic (exact) mass is 222 g/mol. The first-order chi connectivity index (χ1) is 7.45. The van der Waals surface area contributed by atoms with Crippen molar-refractivity contribution < 1.29 is 5.11 Å². The third kappa shape index (κ3) is 1.84. The summed E-state index contributed by atoms with van der Waals surface area (Å²) in [5, 5.41) is 11.0. The summed E-state index contributed by atoms with van der Waals surface area (Å²) in [5.74, 6) is 2.39. The van der Waals surface area contributed by atoms with Crippen molar-refractivity contribution in [3.05, 3.63) is 11.6 Å². The summed E-state index contributed by atoms with van der Waals surface area (Å²) in [6.07, 6.45) is 6.76. The molecular weight excluding hydrogens is 196 g/mol. The maximum Gasteiger partial charge on any atom is 0.0741 e. The zero-order chi connectivity index (χ0) is 11.9. The number of allylic oxidation sites excluding steroid dienone is 1. The van der Waals surface area contributed by atoms with Crippen LogP contribution in [-0.4, -0.2) is 10.7 Å². The standard InChI is InChI=1S/C15H26O/c1-10(2)13-6-5-12(4)15(16)8-7-11(3)9-14(13)15/h7,10,12-14,16H,5-6,8-9H2,1-4H3/t12-,13+,14+,15+/m1/s1. The Balaban J connectivity index is 2.29. The molecule has 0 aromatic rings. The lowest BCUT2D eigenvalue weighted by atomic mass is 9.57. The molecule has 1 heteroatoms.